The SMILES string of the molecule is CC1=C(F)CN(C(=O)OC(C)(C)C)CC1. The van der Waals surface area contributed by atoms with E-state index < -0.39 is 11.7 Å². The number of rotatable bonds is 0. The van der Waals surface area contributed by atoms with Crippen molar-refractivity contribution in [2.45, 2.75) is 39.7 Å². The number of hydrogen-bond acceptors (Lipinski definition) is 2. The Morgan fingerprint density at radius 2 is 2.07 bits per heavy atom. The van der Waals surface area contributed by atoms with Gasteiger partial charge in [0.05, 0.1) is 6.54 Å². The molecule has 0 saturated carbocycles. The van der Waals surface area contributed by atoms with Crippen molar-refractivity contribution < 1.29 is 13.9 Å². The second-order valence-corrected chi connectivity index (χ2v) is 4.84. The predicted molar refractivity (Wildman–Crippen MR) is 56.2 cm³/mol. The maximum absolute atomic E-state index is 13.3. The maximum Gasteiger partial charge on any atom is 0.410 e. The third kappa shape index (κ3) is 3.53. The smallest absolute Gasteiger partial charge is 0.410 e. The maximum atomic E-state index is 13.3. The minimum Gasteiger partial charge on any atom is -0.444 e. The van der Waals surface area contributed by atoms with Crippen molar-refractivity contribution in [1.29, 1.82) is 0 Å². The molecule has 4 heteroatoms. The average Bonchev–Trinajstić information content (AvgIpc) is 2.06. The Bertz CT molecular complexity index is 291. The molecule has 0 aromatic rings. The second-order valence-electron chi connectivity index (χ2n) is 4.84. The summed E-state index contributed by atoms with van der Waals surface area (Å²) in [6.07, 6.45) is 0.149. The molecule has 3 nitrogen and oxygen atoms in total. The fraction of sp³-hybridized carbons (Fsp3) is 0.727. The molecule has 0 radical (unpaired) electrons. The highest BCUT2D eigenvalue weighted by atomic mass is 19.1. The van der Waals surface area contributed by atoms with Gasteiger partial charge >= 0.3 is 6.09 Å². The van der Waals surface area contributed by atoms with Gasteiger partial charge in [0.2, 0.25) is 0 Å². The van der Waals surface area contributed by atoms with E-state index in [0.717, 1.165) is 5.57 Å². The number of halogens is 1. The zero-order valence-corrected chi connectivity index (χ0v) is 9.76. The molecular weight excluding hydrogens is 197 g/mol. The van der Waals surface area contributed by atoms with Crippen molar-refractivity contribution in [1.82, 2.24) is 4.90 Å². The molecule has 1 amide bonds. The minimum atomic E-state index is -0.524. The van der Waals surface area contributed by atoms with Crippen molar-refractivity contribution in [3.05, 3.63) is 11.4 Å². The highest BCUT2D eigenvalue weighted by Gasteiger charge is 2.25. The van der Waals surface area contributed by atoms with Gasteiger partial charge < -0.3 is 9.64 Å². The Morgan fingerprint density at radius 3 is 2.53 bits per heavy atom. The summed E-state index contributed by atoms with van der Waals surface area (Å²) in [4.78, 5) is 13.0. The first-order chi connectivity index (χ1) is 6.79. The Morgan fingerprint density at radius 1 is 1.47 bits per heavy atom. The molecule has 0 aromatic carbocycles. The van der Waals surface area contributed by atoms with Gasteiger partial charge in [-0.2, -0.15) is 0 Å². The van der Waals surface area contributed by atoms with E-state index in [1.807, 2.05) is 0 Å². The van der Waals surface area contributed by atoms with Crippen LogP contribution in [0.25, 0.3) is 0 Å². The molecule has 0 spiro atoms. The first-order valence-corrected chi connectivity index (χ1v) is 5.11. The van der Waals surface area contributed by atoms with Gasteiger partial charge in [0.25, 0.3) is 0 Å². The van der Waals surface area contributed by atoms with Crippen LogP contribution in [-0.2, 0) is 4.74 Å². The Balaban J connectivity index is 2.57. The summed E-state index contributed by atoms with van der Waals surface area (Å²) < 4.78 is 18.4. The molecular formula is C11H18FNO2. The quantitative estimate of drug-likeness (QED) is 0.621. The van der Waals surface area contributed by atoms with E-state index in [9.17, 15) is 9.18 Å². The zero-order valence-electron chi connectivity index (χ0n) is 9.76. The fourth-order valence-corrected chi connectivity index (χ4v) is 1.30. The van der Waals surface area contributed by atoms with Crippen LogP contribution < -0.4 is 0 Å². The summed E-state index contributed by atoms with van der Waals surface area (Å²) in [5, 5.41) is 0. The van der Waals surface area contributed by atoms with Crippen molar-refractivity contribution in [3.63, 3.8) is 0 Å². The largest absolute Gasteiger partial charge is 0.444 e. The molecule has 0 unspecified atom stereocenters. The van der Waals surface area contributed by atoms with E-state index in [1.54, 1.807) is 27.7 Å². The van der Waals surface area contributed by atoms with Crippen LogP contribution in [0, 0.1) is 0 Å². The first kappa shape index (κ1) is 12.0. The van der Waals surface area contributed by atoms with Crippen molar-refractivity contribution in [2.24, 2.45) is 0 Å². The molecule has 0 aliphatic carbocycles. The fourth-order valence-electron chi connectivity index (χ4n) is 1.30. The lowest BCUT2D eigenvalue weighted by Gasteiger charge is -2.29. The normalized spacial score (nSPS) is 18.1. The molecule has 0 aromatic heterocycles. The number of carbonyl (C=O) groups excluding carboxylic acids is 1. The molecule has 0 bridgehead atoms. The third-order valence-corrected chi connectivity index (χ3v) is 2.20. The molecule has 1 rings (SSSR count). The predicted octanol–water partition coefficient (Wildman–Crippen LogP) is 2.87. The van der Waals surface area contributed by atoms with Crippen LogP contribution >= 0.6 is 0 Å². The second kappa shape index (κ2) is 4.21. The van der Waals surface area contributed by atoms with E-state index >= 15 is 0 Å². The van der Waals surface area contributed by atoms with Gasteiger partial charge in [-0.3, -0.25) is 0 Å². The number of ether oxygens (including phenoxy) is 1. The Kier molecular flexibility index (Phi) is 3.37. The topological polar surface area (TPSA) is 29.5 Å². The molecule has 1 heterocycles. The summed E-state index contributed by atoms with van der Waals surface area (Å²) in [7, 11) is 0. The van der Waals surface area contributed by atoms with Gasteiger partial charge in [-0.15, -0.1) is 0 Å². The average molecular weight is 215 g/mol. The minimum absolute atomic E-state index is 0.0424. The summed E-state index contributed by atoms with van der Waals surface area (Å²) in [5.41, 5.74) is 0.207. The number of hydrogen-bond donors (Lipinski definition) is 0. The van der Waals surface area contributed by atoms with Gasteiger partial charge in [-0.1, -0.05) is 0 Å². The molecule has 15 heavy (non-hydrogen) atoms. The Labute approximate surface area is 89.9 Å². The van der Waals surface area contributed by atoms with E-state index in [-0.39, 0.29) is 12.4 Å². The Hall–Kier alpha value is -1.06. The molecule has 1 aliphatic heterocycles. The van der Waals surface area contributed by atoms with E-state index in [4.69, 9.17) is 4.74 Å². The number of amides is 1. The lowest BCUT2D eigenvalue weighted by Crippen LogP contribution is -2.40. The molecule has 0 atom stereocenters. The van der Waals surface area contributed by atoms with Gasteiger partial charge in [0.15, 0.2) is 0 Å². The van der Waals surface area contributed by atoms with Gasteiger partial charge in [0.1, 0.15) is 11.4 Å². The van der Waals surface area contributed by atoms with E-state index in [1.165, 1.54) is 4.90 Å². The van der Waals surface area contributed by atoms with Crippen LogP contribution in [0.1, 0.15) is 34.1 Å². The van der Waals surface area contributed by atoms with E-state index in [2.05, 4.69) is 0 Å². The standard InChI is InChI=1S/C11H18FNO2/c1-8-5-6-13(7-9(8)12)10(14)15-11(2,3)4/h5-7H2,1-4H3. The van der Waals surface area contributed by atoms with Crippen LogP contribution in [0.15, 0.2) is 11.4 Å². The van der Waals surface area contributed by atoms with Gasteiger partial charge in [-0.05, 0) is 39.7 Å². The first-order valence-electron chi connectivity index (χ1n) is 5.11. The molecule has 86 valence electrons. The van der Waals surface area contributed by atoms with Crippen molar-refractivity contribution >= 4 is 6.09 Å². The molecule has 0 N–H and O–H groups in total. The van der Waals surface area contributed by atoms with Crippen LogP contribution in [0.5, 0.6) is 0 Å². The van der Waals surface area contributed by atoms with Crippen LogP contribution in [0.2, 0.25) is 0 Å². The summed E-state index contributed by atoms with van der Waals surface area (Å²) >= 11 is 0. The highest BCUT2D eigenvalue weighted by Crippen LogP contribution is 2.20. The lowest BCUT2D eigenvalue weighted by atomic mass is 10.1. The third-order valence-electron chi connectivity index (χ3n) is 2.20. The molecule has 0 fully saturated rings. The van der Waals surface area contributed by atoms with Crippen molar-refractivity contribution in [3.8, 4) is 0 Å². The summed E-state index contributed by atoms with van der Waals surface area (Å²) in [6, 6.07) is 0. The number of nitrogens with zero attached hydrogens (tertiary/aromatic N) is 1. The summed E-state index contributed by atoms with van der Waals surface area (Å²) in [6.45, 7) is 7.72. The highest BCUT2D eigenvalue weighted by molar-refractivity contribution is 5.68. The van der Waals surface area contributed by atoms with Crippen molar-refractivity contribution in [2.75, 3.05) is 13.1 Å². The van der Waals surface area contributed by atoms with Crippen LogP contribution in [-0.4, -0.2) is 29.7 Å². The van der Waals surface area contributed by atoms with Crippen LogP contribution in [0.3, 0.4) is 0 Å². The van der Waals surface area contributed by atoms with Crippen LogP contribution in [0.4, 0.5) is 9.18 Å². The zero-order chi connectivity index (χ0) is 11.6. The number of carbonyl (C=O) groups is 1. The lowest BCUT2D eigenvalue weighted by molar-refractivity contribution is 0.0247. The monoisotopic (exact) mass is 215 g/mol. The van der Waals surface area contributed by atoms with Gasteiger partial charge in [-0.25, -0.2) is 9.18 Å². The summed E-state index contributed by atoms with van der Waals surface area (Å²) in [5.74, 6) is -0.216. The molecule has 0 saturated heterocycles. The van der Waals surface area contributed by atoms with E-state index in [0.29, 0.717) is 13.0 Å². The van der Waals surface area contributed by atoms with Gasteiger partial charge in [0, 0.05) is 6.54 Å². The molecule has 1 aliphatic rings.